The molecule has 0 aliphatic rings. The average molecular weight is 418 g/mol. The number of hydrogen-bond donors (Lipinski definition) is 2. The van der Waals surface area contributed by atoms with Crippen molar-refractivity contribution in [1.82, 2.24) is 15.2 Å². The van der Waals surface area contributed by atoms with Gasteiger partial charge in [0.1, 0.15) is 0 Å². The quantitative estimate of drug-likeness (QED) is 0.412. The van der Waals surface area contributed by atoms with Crippen LogP contribution in [0.2, 0.25) is 0 Å². The second kappa shape index (κ2) is 9.12. The lowest BCUT2D eigenvalue weighted by atomic mass is 10.0. The second-order valence-corrected chi connectivity index (χ2v) is 8.79. The van der Waals surface area contributed by atoms with Crippen molar-refractivity contribution in [3.05, 3.63) is 47.4 Å². The predicted octanol–water partition coefficient (Wildman–Crippen LogP) is 4.61. The fourth-order valence-corrected chi connectivity index (χ4v) is 4.53. The van der Waals surface area contributed by atoms with E-state index in [4.69, 9.17) is 0 Å². The molecule has 1 amide bonds. The molecule has 0 saturated heterocycles. The number of hydrogen-bond acceptors (Lipinski definition) is 8. The van der Waals surface area contributed by atoms with Crippen molar-refractivity contribution >= 4 is 50.6 Å². The van der Waals surface area contributed by atoms with Gasteiger partial charge in [0, 0.05) is 17.5 Å². The van der Waals surface area contributed by atoms with Gasteiger partial charge in [-0.25, -0.2) is 4.98 Å². The highest BCUT2D eigenvalue weighted by Crippen LogP contribution is 2.29. The lowest BCUT2D eigenvalue weighted by Gasteiger charge is -2.04. The number of aryl methyl sites for hydroxylation is 2. The Morgan fingerprint density at radius 1 is 1.30 bits per heavy atom. The number of rotatable bonds is 8. The number of carbonyl (C=O) groups excluding carboxylic acids is 1. The number of amides is 1. The number of thiazole rings is 1. The minimum absolute atomic E-state index is 0.113. The third-order valence-corrected chi connectivity index (χ3v) is 6.32. The largest absolute Gasteiger partial charge is 0.357 e. The van der Waals surface area contributed by atoms with Gasteiger partial charge < -0.3 is 10.6 Å². The Labute approximate surface area is 170 Å². The number of benzene rings is 1. The summed E-state index contributed by atoms with van der Waals surface area (Å²) < 4.78 is 0.743. The Kier molecular flexibility index (Phi) is 6.59. The summed E-state index contributed by atoms with van der Waals surface area (Å²) in [5, 5.41) is 17.3. The van der Waals surface area contributed by atoms with Gasteiger partial charge in [0.2, 0.25) is 11.0 Å². The van der Waals surface area contributed by atoms with Crippen LogP contribution in [0.5, 0.6) is 0 Å². The number of aromatic nitrogens is 3. The van der Waals surface area contributed by atoms with E-state index >= 15 is 0 Å². The molecule has 0 aliphatic heterocycles. The maximum absolute atomic E-state index is 12.2. The van der Waals surface area contributed by atoms with Gasteiger partial charge in [-0.15, -0.1) is 28.1 Å². The summed E-state index contributed by atoms with van der Waals surface area (Å²) in [4.78, 5) is 16.7. The topological polar surface area (TPSA) is 79.8 Å². The molecule has 140 valence electrons. The van der Waals surface area contributed by atoms with Crippen LogP contribution in [0.15, 0.2) is 40.6 Å². The SMILES string of the molecule is C=CCNc1nnc(SCC(=O)Nc2nc(-c3cc(C)ccc3C)cs2)s1. The molecule has 0 radical (unpaired) electrons. The van der Waals surface area contributed by atoms with E-state index < -0.39 is 0 Å². The number of nitrogens with one attached hydrogen (secondary N) is 2. The Hall–Kier alpha value is -2.23. The first kappa shape index (κ1) is 19.5. The molecular weight excluding hydrogens is 398 g/mol. The van der Waals surface area contributed by atoms with Crippen LogP contribution in [0.25, 0.3) is 11.3 Å². The van der Waals surface area contributed by atoms with Crippen LogP contribution in [0.1, 0.15) is 11.1 Å². The first-order chi connectivity index (χ1) is 13.0. The van der Waals surface area contributed by atoms with Crippen LogP contribution in [-0.4, -0.2) is 33.4 Å². The molecule has 0 atom stereocenters. The minimum atomic E-state index is -0.113. The maximum atomic E-state index is 12.2. The van der Waals surface area contributed by atoms with E-state index in [2.05, 4.69) is 64.4 Å². The molecule has 0 fully saturated rings. The standard InChI is InChI=1S/C18H19N5OS3/c1-4-7-19-16-22-23-18(27-16)26-10-15(24)21-17-20-14(9-25-17)13-8-11(2)5-6-12(13)3/h4-6,8-9H,1,7,10H2,2-3H3,(H,19,22)(H,20,21,24). The van der Waals surface area contributed by atoms with Gasteiger partial charge in [-0.3, -0.25) is 4.79 Å². The van der Waals surface area contributed by atoms with Gasteiger partial charge in [0.25, 0.3) is 0 Å². The minimum Gasteiger partial charge on any atom is -0.357 e. The molecule has 0 unspecified atom stereocenters. The Morgan fingerprint density at radius 2 is 2.15 bits per heavy atom. The van der Waals surface area contributed by atoms with E-state index in [9.17, 15) is 4.79 Å². The Balaban J connectivity index is 1.55. The molecule has 6 nitrogen and oxygen atoms in total. The monoisotopic (exact) mass is 417 g/mol. The zero-order valence-corrected chi connectivity index (χ0v) is 17.4. The first-order valence-corrected chi connectivity index (χ1v) is 10.9. The molecular formula is C18H19N5OS3. The van der Waals surface area contributed by atoms with Crippen molar-refractivity contribution in [2.45, 2.75) is 18.2 Å². The van der Waals surface area contributed by atoms with E-state index in [1.165, 1.54) is 40.0 Å². The predicted molar refractivity (Wildman–Crippen MR) is 115 cm³/mol. The zero-order valence-electron chi connectivity index (χ0n) is 15.0. The third-order valence-electron chi connectivity index (χ3n) is 3.55. The highest BCUT2D eigenvalue weighted by molar-refractivity contribution is 8.01. The van der Waals surface area contributed by atoms with Crippen molar-refractivity contribution in [2.24, 2.45) is 0 Å². The van der Waals surface area contributed by atoms with E-state index in [0.717, 1.165) is 26.3 Å². The summed E-state index contributed by atoms with van der Waals surface area (Å²) in [6, 6.07) is 6.27. The van der Waals surface area contributed by atoms with Crippen molar-refractivity contribution in [3.8, 4) is 11.3 Å². The average Bonchev–Trinajstić information content (AvgIpc) is 3.29. The zero-order chi connectivity index (χ0) is 19.2. The summed E-state index contributed by atoms with van der Waals surface area (Å²) in [6.07, 6.45) is 1.75. The molecule has 0 aliphatic carbocycles. The molecule has 9 heteroatoms. The molecule has 3 rings (SSSR count). The molecule has 0 bridgehead atoms. The van der Waals surface area contributed by atoms with Crippen LogP contribution >= 0.6 is 34.4 Å². The van der Waals surface area contributed by atoms with Gasteiger partial charge in [-0.2, -0.15) is 0 Å². The van der Waals surface area contributed by atoms with Crippen LogP contribution in [0, 0.1) is 13.8 Å². The van der Waals surface area contributed by atoms with Gasteiger partial charge >= 0.3 is 0 Å². The van der Waals surface area contributed by atoms with Crippen molar-refractivity contribution in [3.63, 3.8) is 0 Å². The highest BCUT2D eigenvalue weighted by Gasteiger charge is 2.12. The smallest absolute Gasteiger partial charge is 0.236 e. The third kappa shape index (κ3) is 5.38. The second-order valence-electron chi connectivity index (χ2n) is 5.74. The molecule has 2 N–H and O–H groups in total. The van der Waals surface area contributed by atoms with Gasteiger partial charge in [-0.05, 0) is 25.5 Å². The van der Waals surface area contributed by atoms with E-state index in [1.54, 1.807) is 6.08 Å². The number of nitrogens with zero attached hydrogens (tertiary/aromatic N) is 3. The van der Waals surface area contributed by atoms with Gasteiger partial charge in [0.15, 0.2) is 9.47 Å². The molecule has 3 aromatic rings. The highest BCUT2D eigenvalue weighted by atomic mass is 32.2. The van der Waals surface area contributed by atoms with Gasteiger partial charge in [0.05, 0.1) is 11.4 Å². The van der Waals surface area contributed by atoms with E-state index in [0.29, 0.717) is 11.7 Å². The van der Waals surface area contributed by atoms with E-state index in [-0.39, 0.29) is 11.7 Å². The fraction of sp³-hybridized carbons (Fsp3) is 0.222. The first-order valence-electron chi connectivity index (χ1n) is 8.19. The van der Waals surface area contributed by atoms with Crippen LogP contribution in [-0.2, 0) is 4.79 Å². The Morgan fingerprint density at radius 3 is 2.96 bits per heavy atom. The van der Waals surface area contributed by atoms with Gasteiger partial charge in [-0.1, -0.05) is 46.9 Å². The number of thioether (sulfide) groups is 1. The molecule has 0 saturated carbocycles. The summed E-state index contributed by atoms with van der Waals surface area (Å²) in [5.41, 5.74) is 4.32. The van der Waals surface area contributed by atoms with Crippen molar-refractivity contribution in [1.29, 1.82) is 0 Å². The normalized spacial score (nSPS) is 10.6. The van der Waals surface area contributed by atoms with Crippen LogP contribution < -0.4 is 10.6 Å². The van der Waals surface area contributed by atoms with Crippen LogP contribution in [0.4, 0.5) is 10.3 Å². The maximum Gasteiger partial charge on any atom is 0.236 e. The lowest BCUT2D eigenvalue weighted by molar-refractivity contribution is -0.113. The van der Waals surface area contributed by atoms with E-state index in [1.807, 2.05) is 5.38 Å². The van der Waals surface area contributed by atoms with Crippen molar-refractivity contribution in [2.75, 3.05) is 22.9 Å². The molecule has 1 aromatic carbocycles. The van der Waals surface area contributed by atoms with Crippen LogP contribution in [0.3, 0.4) is 0 Å². The lowest BCUT2D eigenvalue weighted by Crippen LogP contribution is -2.13. The Bertz CT molecular complexity index is 950. The number of anilines is 2. The fourth-order valence-electron chi connectivity index (χ4n) is 2.25. The summed E-state index contributed by atoms with van der Waals surface area (Å²) >= 11 is 4.19. The summed E-state index contributed by atoms with van der Waals surface area (Å²) in [6.45, 7) is 8.39. The molecule has 0 spiro atoms. The molecule has 2 heterocycles. The molecule has 27 heavy (non-hydrogen) atoms. The number of carbonyl (C=O) groups is 1. The molecule has 2 aromatic heterocycles. The summed E-state index contributed by atoms with van der Waals surface area (Å²) in [5.74, 6) is 0.145. The summed E-state index contributed by atoms with van der Waals surface area (Å²) in [7, 11) is 0. The van der Waals surface area contributed by atoms with Crippen molar-refractivity contribution < 1.29 is 4.79 Å².